The van der Waals surface area contributed by atoms with Crippen molar-refractivity contribution in [2.75, 3.05) is 0 Å². The summed E-state index contributed by atoms with van der Waals surface area (Å²) in [4.78, 5) is 14.2. The van der Waals surface area contributed by atoms with E-state index in [2.05, 4.69) is 11.1 Å². The standard InChI is InChI=1S/C12H13N3O2/c13-9-12(6-2-1-3-7-12)11-5-4-10(8-14-11)15(16)17/h4-5,8H,1-3,6-7H2. The predicted molar refractivity (Wildman–Crippen MR) is 61.3 cm³/mol. The first-order valence-electron chi connectivity index (χ1n) is 5.70. The number of aromatic nitrogens is 1. The van der Waals surface area contributed by atoms with E-state index < -0.39 is 10.3 Å². The maximum Gasteiger partial charge on any atom is 0.287 e. The summed E-state index contributed by atoms with van der Waals surface area (Å²) in [5.74, 6) is 0. The molecule has 1 aliphatic carbocycles. The van der Waals surface area contributed by atoms with Gasteiger partial charge in [0, 0.05) is 6.07 Å². The maximum atomic E-state index is 10.5. The summed E-state index contributed by atoms with van der Waals surface area (Å²) in [6, 6.07) is 5.39. The Hall–Kier alpha value is -1.96. The summed E-state index contributed by atoms with van der Waals surface area (Å²) >= 11 is 0. The van der Waals surface area contributed by atoms with E-state index in [1.54, 1.807) is 6.07 Å². The normalized spacial score (nSPS) is 18.3. The fourth-order valence-electron chi connectivity index (χ4n) is 2.36. The van der Waals surface area contributed by atoms with Gasteiger partial charge in [-0.15, -0.1) is 0 Å². The fourth-order valence-corrected chi connectivity index (χ4v) is 2.36. The van der Waals surface area contributed by atoms with Gasteiger partial charge in [0.25, 0.3) is 5.69 Å². The molecular formula is C12H13N3O2. The quantitative estimate of drug-likeness (QED) is 0.579. The Morgan fingerprint density at radius 1 is 1.35 bits per heavy atom. The summed E-state index contributed by atoms with van der Waals surface area (Å²) in [7, 11) is 0. The molecule has 0 N–H and O–H groups in total. The lowest BCUT2D eigenvalue weighted by molar-refractivity contribution is -0.385. The summed E-state index contributed by atoms with van der Waals surface area (Å²) in [6.45, 7) is 0. The van der Waals surface area contributed by atoms with Crippen molar-refractivity contribution in [3.8, 4) is 6.07 Å². The van der Waals surface area contributed by atoms with Crippen molar-refractivity contribution in [1.82, 2.24) is 4.98 Å². The van der Waals surface area contributed by atoms with E-state index in [1.807, 2.05) is 0 Å². The topological polar surface area (TPSA) is 79.8 Å². The lowest BCUT2D eigenvalue weighted by Gasteiger charge is -2.29. The second-order valence-electron chi connectivity index (χ2n) is 4.41. The highest BCUT2D eigenvalue weighted by Crippen LogP contribution is 2.38. The van der Waals surface area contributed by atoms with Crippen molar-refractivity contribution in [2.24, 2.45) is 0 Å². The molecule has 1 aliphatic rings. The van der Waals surface area contributed by atoms with Gasteiger partial charge >= 0.3 is 0 Å². The minimum Gasteiger partial charge on any atom is -0.258 e. The average Bonchev–Trinajstić information content (AvgIpc) is 2.39. The number of pyridine rings is 1. The Bertz CT molecular complexity index is 456. The van der Waals surface area contributed by atoms with Crippen LogP contribution in [0.25, 0.3) is 0 Å². The molecule has 1 aromatic heterocycles. The first-order valence-corrected chi connectivity index (χ1v) is 5.70. The molecule has 17 heavy (non-hydrogen) atoms. The molecule has 0 saturated heterocycles. The number of nitriles is 1. The van der Waals surface area contributed by atoms with Crippen molar-refractivity contribution in [1.29, 1.82) is 5.26 Å². The highest BCUT2D eigenvalue weighted by atomic mass is 16.6. The van der Waals surface area contributed by atoms with Crippen LogP contribution in [0.4, 0.5) is 5.69 Å². The van der Waals surface area contributed by atoms with Crippen LogP contribution in [0.5, 0.6) is 0 Å². The van der Waals surface area contributed by atoms with Crippen LogP contribution in [-0.2, 0) is 5.41 Å². The molecule has 1 saturated carbocycles. The number of nitrogens with zero attached hydrogens (tertiary/aromatic N) is 3. The molecule has 5 nitrogen and oxygen atoms in total. The molecule has 0 aliphatic heterocycles. The number of rotatable bonds is 2. The molecule has 0 spiro atoms. The van der Waals surface area contributed by atoms with Gasteiger partial charge in [0.1, 0.15) is 6.20 Å². The third-order valence-corrected chi connectivity index (χ3v) is 3.37. The third kappa shape index (κ3) is 2.11. The van der Waals surface area contributed by atoms with Gasteiger partial charge in [0.15, 0.2) is 0 Å². The van der Waals surface area contributed by atoms with Crippen LogP contribution in [-0.4, -0.2) is 9.91 Å². The van der Waals surface area contributed by atoms with Gasteiger partial charge in [-0.3, -0.25) is 15.1 Å². The number of hydrogen-bond acceptors (Lipinski definition) is 4. The lowest BCUT2D eigenvalue weighted by Crippen LogP contribution is -2.28. The molecule has 0 unspecified atom stereocenters. The summed E-state index contributed by atoms with van der Waals surface area (Å²) in [6.07, 6.45) is 6.03. The summed E-state index contributed by atoms with van der Waals surface area (Å²) in [5.41, 5.74) is 0.107. The van der Waals surface area contributed by atoms with Gasteiger partial charge in [0.2, 0.25) is 0 Å². The molecule has 0 aromatic carbocycles. The zero-order valence-corrected chi connectivity index (χ0v) is 9.43. The van der Waals surface area contributed by atoms with Crippen molar-refractivity contribution in [3.63, 3.8) is 0 Å². The van der Waals surface area contributed by atoms with Gasteiger partial charge in [0.05, 0.1) is 22.1 Å². The van der Waals surface area contributed by atoms with Gasteiger partial charge < -0.3 is 0 Å². The van der Waals surface area contributed by atoms with Gasteiger partial charge in [-0.2, -0.15) is 5.26 Å². The van der Waals surface area contributed by atoms with Crippen LogP contribution in [0.1, 0.15) is 37.8 Å². The van der Waals surface area contributed by atoms with E-state index >= 15 is 0 Å². The number of hydrogen-bond donors (Lipinski definition) is 0. The number of nitro groups is 1. The molecule has 0 amide bonds. The second-order valence-corrected chi connectivity index (χ2v) is 4.41. The third-order valence-electron chi connectivity index (χ3n) is 3.37. The van der Waals surface area contributed by atoms with E-state index in [1.165, 1.54) is 12.3 Å². The van der Waals surface area contributed by atoms with Crippen molar-refractivity contribution in [2.45, 2.75) is 37.5 Å². The van der Waals surface area contributed by atoms with Crippen molar-refractivity contribution >= 4 is 5.69 Å². The van der Waals surface area contributed by atoms with Crippen LogP contribution in [0.3, 0.4) is 0 Å². The molecule has 1 fully saturated rings. The Labute approximate surface area is 99.2 Å². The molecule has 0 atom stereocenters. The van der Waals surface area contributed by atoms with Crippen molar-refractivity contribution < 1.29 is 4.92 Å². The predicted octanol–water partition coefficient (Wildman–Crippen LogP) is 2.72. The first kappa shape index (κ1) is 11.5. The molecule has 5 heteroatoms. The van der Waals surface area contributed by atoms with E-state index in [9.17, 15) is 15.4 Å². The Kier molecular flexibility index (Phi) is 3.05. The largest absolute Gasteiger partial charge is 0.287 e. The molecule has 2 rings (SSSR count). The minimum atomic E-state index is -0.534. The molecular weight excluding hydrogens is 218 g/mol. The van der Waals surface area contributed by atoms with Crippen LogP contribution < -0.4 is 0 Å². The van der Waals surface area contributed by atoms with Crippen LogP contribution >= 0.6 is 0 Å². The molecule has 1 heterocycles. The maximum absolute atomic E-state index is 10.5. The Balaban J connectivity index is 2.32. The van der Waals surface area contributed by atoms with Crippen LogP contribution in [0.2, 0.25) is 0 Å². The summed E-state index contributed by atoms with van der Waals surface area (Å²) in [5, 5.41) is 19.9. The molecule has 0 radical (unpaired) electrons. The SMILES string of the molecule is N#CC1(c2ccc([N+](=O)[O-])cn2)CCCCC1. The van der Waals surface area contributed by atoms with Crippen molar-refractivity contribution in [3.05, 3.63) is 34.1 Å². The smallest absolute Gasteiger partial charge is 0.258 e. The zero-order chi connectivity index (χ0) is 12.3. The van der Waals surface area contributed by atoms with E-state index in [0.29, 0.717) is 5.69 Å². The monoisotopic (exact) mass is 231 g/mol. The molecule has 1 aromatic rings. The van der Waals surface area contributed by atoms with E-state index in [-0.39, 0.29) is 5.69 Å². The van der Waals surface area contributed by atoms with Crippen LogP contribution in [0, 0.1) is 21.4 Å². The lowest BCUT2D eigenvalue weighted by atomic mass is 9.73. The Morgan fingerprint density at radius 2 is 2.06 bits per heavy atom. The van der Waals surface area contributed by atoms with E-state index in [0.717, 1.165) is 32.1 Å². The zero-order valence-electron chi connectivity index (χ0n) is 9.43. The minimum absolute atomic E-state index is 0.0300. The average molecular weight is 231 g/mol. The highest BCUT2D eigenvalue weighted by Gasteiger charge is 2.35. The Morgan fingerprint density at radius 3 is 2.53 bits per heavy atom. The van der Waals surface area contributed by atoms with Gasteiger partial charge in [-0.05, 0) is 18.9 Å². The second kappa shape index (κ2) is 4.50. The molecule has 0 bridgehead atoms. The first-order chi connectivity index (χ1) is 8.18. The van der Waals surface area contributed by atoms with Gasteiger partial charge in [-0.1, -0.05) is 19.3 Å². The van der Waals surface area contributed by atoms with Crippen LogP contribution in [0.15, 0.2) is 18.3 Å². The highest BCUT2D eigenvalue weighted by molar-refractivity contribution is 5.33. The van der Waals surface area contributed by atoms with E-state index in [4.69, 9.17) is 0 Å². The fraction of sp³-hybridized carbons (Fsp3) is 0.500. The van der Waals surface area contributed by atoms with Gasteiger partial charge in [-0.25, -0.2) is 0 Å². The molecule has 88 valence electrons. The summed E-state index contributed by atoms with van der Waals surface area (Å²) < 4.78 is 0.